The van der Waals surface area contributed by atoms with Crippen molar-refractivity contribution in [2.24, 2.45) is 0 Å². The van der Waals surface area contributed by atoms with E-state index in [1.807, 2.05) is 12.3 Å². The van der Waals surface area contributed by atoms with Gasteiger partial charge in [-0.1, -0.05) is 6.07 Å². The van der Waals surface area contributed by atoms with Crippen LogP contribution in [0.4, 0.5) is 4.39 Å². The van der Waals surface area contributed by atoms with Gasteiger partial charge in [-0.25, -0.2) is 9.37 Å². The Labute approximate surface area is 101 Å². The van der Waals surface area contributed by atoms with E-state index in [-0.39, 0.29) is 5.82 Å². The minimum absolute atomic E-state index is 0.262. The Hall–Kier alpha value is -1.16. The highest BCUT2D eigenvalue weighted by molar-refractivity contribution is 9.10. The van der Waals surface area contributed by atoms with Crippen LogP contribution in [0.3, 0.4) is 0 Å². The maximum absolute atomic E-state index is 13.4. The summed E-state index contributed by atoms with van der Waals surface area (Å²) in [6.07, 6.45) is 4.31. The smallest absolute Gasteiger partial charge is 0.138 e. The van der Waals surface area contributed by atoms with Gasteiger partial charge in [0, 0.05) is 23.4 Å². The molecule has 0 atom stereocenters. The minimum Gasteiger partial charge on any atom is -0.342 e. The third kappa shape index (κ3) is 1.67. The van der Waals surface area contributed by atoms with E-state index in [2.05, 4.69) is 25.9 Å². The summed E-state index contributed by atoms with van der Waals surface area (Å²) in [6.45, 7) is 0. The van der Waals surface area contributed by atoms with Crippen LogP contribution in [-0.4, -0.2) is 9.97 Å². The van der Waals surface area contributed by atoms with Gasteiger partial charge in [-0.2, -0.15) is 0 Å². The molecule has 1 fully saturated rings. The molecule has 1 aliphatic carbocycles. The molecule has 0 spiro atoms. The van der Waals surface area contributed by atoms with Crippen LogP contribution in [0.2, 0.25) is 0 Å². The van der Waals surface area contributed by atoms with Gasteiger partial charge in [0.2, 0.25) is 0 Å². The van der Waals surface area contributed by atoms with E-state index < -0.39 is 0 Å². The number of nitrogens with one attached hydrogen (secondary N) is 1. The number of benzene rings is 1. The Bertz CT molecular complexity index is 532. The summed E-state index contributed by atoms with van der Waals surface area (Å²) in [5, 5.41) is 0. The van der Waals surface area contributed by atoms with E-state index in [0.717, 1.165) is 17.1 Å². The molecule has 16 heavy (non-hydrogen) atoms. The maximum Gasteiger partial charge on any atom is 0.138 e. The number of aromatic nitrogens is 2. The highest BCUT2D eigenvalue weighted by atomic mass is 79.9. The predicted octanol–water partition coefficient (Wildman–Crippen LogP) is 3.86. The SMILES string of the molecule is Fc1cccc(-c2ncc(C3CC3)[nH]2)c1Br. The van der Waals surface area contributed by atoms with E-state index in [1.54, 1.807) is 6.07 Å². The summed E-state index contributed by atoms with van der Waals surface area (Å²) in [5.74, 6) is 1.10. The van der Waals surface area contributed by atoms with Gasteiger partial charge in [-0.3, -0.25) is 0 Å². The van der Waals surface area contributed by atoms with Crippen LogP contribution < -0.4 is 0 Å². The van der Waals surface area contributed by atoms with Crippen molar-refractivity contribution in [1.82, 2.24) is 9.97 Å². The number of aromatic amines is 1. The lowest BCUT2D eigenvalue weighted by atomic mass is 10.2. The van der Waals surface area contributed by atoms with Gasteiger partial charge >= 0.3 is 0 Å². The molecule has 1 saturated carbocycles. The van der Waals surface area contributed by atoms with Crippen molar-refractivity contribution in [3.05, 3.63) is 40.4 Å². The fourth-order valence-electron chi connectivity index (χ4n) is 1.76. The highest BCUT2D eigenvalue weighted by Gasteiger charge is 2.25. The average molecular weight is 281 g/mol. The number of H-pyrrole nitrogens is 1. The Morgan fingerprint density at radius 2 is 2.19 bits per heavy atom. The number of rotatable bonds is 2. The molecule has 1 heterocycles. The molecule has 0 bridgehead atoms. The molecule has 4 heteroatoms. The highest BCUT2D eigenvalue weighted by Crippen LogP contribution is 2.40. The van der Waals surface area contributed by atoms with Crippen molar-refractivity contribution in [2.45, 2.75) is 18.8 Å². The van der Waals surface area contributed by atoms with Crippen LogP contribution in [-0.2, 0) is 0 Å². The van der Waals surface area contributed by atoms with E-state index >= 15 is 0 Å². The van der Waals surface area contributed by atoms with Crippen molar-refractivity contribution in [3.63, 3.8) is 0 Å². The van der Waals surface area contributed by atoms with Gasteiger partial charge in [0.05, 0.1) is 4.47 Å². The Morgan fingerprint density at radius 3 is 2.94 bits per heavy atom. The third-order valence-corrected chi connectivity index (χ3v) is 3.63. The summed E-state index contributed by atoms with van der Waals surface area (Å²) in [7, 11) is 0. The molecule has 82 valence electrons. The molecule has 1 N–H and O–H groups in total. The molecule has 2 aromatic rings. The molecule has 1 aliphatic rings. The van der Waals surface area contributed by atoms with E-state index in [4.69, 9.17) is 0 Å². The number of imidazole rings is 1. The van der Waals surface area contributed by atoms with Gasteiger partial charge in [0.15, 0.2) is 0 Å². The first-order valence-electron chi connectivity index (χ1n) is 5.25. The first kappa shape index (κ1) is 10.0. The van der Waals surface area contributed by atoms with Gasteiger partial charge in [0.1, 0.15) is 11.6 Å². The van der Waals surface area contributed by atoms with E-state index in [9.17, 15) is 4.39 Å². The van der Waals surface area contributed by atoms with E-state index in [0.29, 0.717) is 10.4 Å². The zero-order valence-corrected chi connectivity index (χ0v) is 10.1. The van der Waals surface area contributed by atoms with E-state index in [1.165, 1.54) is 18.9 Å². The summed E-state index contributed by atoms with van der Waals surface area (Å²) in [5.41, 5.74) is 1.93. The number of nitrogens with zero attached hydrogens (tertiary/aromatic N) is 1. The lowest BCUT2D eigenvalue weighted by molar-refractivity contribution is 0.621. The second-order valence-corrected chi connectivity index (χ2v) is 4.86. The summed E-state index contributed by atoms with van der Waals surface area (Å²) >= 11 is 3.24. The number of hydrogen-bond acceptors (Lipinski definition) is 1. The first-order chi connectivity index (χ1) is 7.75. The topological polar surface area (TPSA) is 28.7 Å². The van der Waals surface area contributed by atoms with Gasteiger partial charge < -0.3 is 4.98 Å². The molecule has 3 rings (SSSR count). The fraction of sp³-hybridized carbons (Fsp3) is 0.250. The molecule has 0 aliphatic heterocycles. The molecule has 1 aromatic heterocycles. The first-order valence-corrected chi connectivity index (χ1v) is 6.04. The van der Waals surface area contributed by atoms with Crippen LogP contribution in [0.5, 0.6) is 0 Å². The lowest BCUT2D eigenvalue weighted by Crippen LogP contribution is -1.86. The molecule has 0 saturated heterocycles. The molecule has 2 nitrogen and oxygen atoms in total. The molecule has 1 aromatic carbocycles. The van der Waals surface area contributed by atoms with Crippen molar-refractivity contribution in [3.8, 4) is 11.4 Å². The summed E-state index contributed by atoms with van der Waals surface area (Å²) in [6, 6.07) is 4.97. The van der Waals surface area contributed by atoms with Crippen LogP contribution in [0, 0.1) is 5.82 Å². The fourth-order valence-corrected chi connectivity index (χ4v) is 2.21. The molecular weight excluding hydrogens is 271 g/mol. The Morgan fingerprint density at radius 1 is 1.38 bits per heavy atom. The van der Waals surface area contributed by atoms with Crippen LogP contribution in [0.25, 0.3) is 11.4 Å². The number of hydrogen-bond donors (Lipinski definition) is 1. The van der Waals surface area contributed by atoms with Crippen molar-refractivity contribution in [1.29, 1.82) is 0 Å². The lowest BCUT2D eigenvalue weighted by Gasteiger charge is -2.01. The normalized spacial score (nSPS) is 15.4. The molecule has 0 amide bonds. The van der Waals surface area contributed by atoms with Gasteiger partial charge in [0.25, 0.3) is 0 Å². The van der Waals surface area contributed by atoms with Gasteiger partial charge in [-0.05, 0) is 40.9 Å². The zero-order chi connectivity index (χ0) is 11.1. The van der Waals surface area contributed by atoms with Gasteiger partial charge in [-0.15, -0.1) is 0 Å². The minimum atomic E-state index is -0.262. The third-order valence-electron chi connectivity index (χ3n) is 2.82. The predicted molar refractivity (Wildman–Crippen MR) is 63.7 cm³/mol. The standard InChI is InChI=1S/C12H10BrFN2/c13-11-8(2-1-3-9(11)14)12-15-6-10(16-12)7-4-5-7/h1-3,6-7H,4-5H2,(H,15,16). The second kappa shape index (κ2) is 3.70. The molecular formula is C12H10BrFN2. The average Bonchev–Trinajstić information content (AvgIpc) is 3.02. The quantitative estimate of drug-likeness (QED) is 0.889. The van der Waals surface area contributed by atoms with Crippen molar-refractivity contribution >= 4 is 15.9 Å². The van der Waals surface area contributed by atoms with Crippen LogP contribution in [0.15, 0.2) is 28.9 Å². The Kier molecular flexibility index (Phi) is 2.32. The monoisotopic (exact) mass is 280 g/mol. The summed E-state index contributed by atoms with van der Waals surface area (Å²) in [4.78, 5) is 7.55. The maximum atomic E-state index is 13.4. The molecule has 0 unspecified atom stereocenters. The number of halogens is 2. The van der Waals surface area contributed by atoms with Crippen molar-refractivity contribution in [2.75, 3.05) is 0 Å². The molecule has 0 radical (unpaired) electrons. The largest absolute Gasteiger partial charge is 0.342 e. The van der Waals surface area contributed by atoms with Crippen LogP contribution in [0.1, 0.15) is 24.5 Å². The van der Waals surface area contributed by atoms with Crippen LogP contribution >= 0.6 is 15.9 Å². The Balaban J connectivity index is 2.03. The zero-order valence-electron chi connectivity index (χ0n) is 8.50. The van der Waals surface area contributed by atoms with Crippen molar-refractivity contribution < 1.29 is 4.39 Å². The second-order valence-electron chi connectivity index (χ2n) is 4.06. The summed E-state index contributed by atoms with van der Waals surface area (Å²) < 4.78 is 13.8.